The van der Waals surface area contributed by atoms with Crippen molar-refractivity contribution in [1.29, 1.82) is 5.26 Å². The zero-order chi connectivity index (χ0) is 12.3. The van der Waals surface area contributed by atoms with Gasteiger partial charge in [-0.15, -0.1) is 0 Å². The Hall–Kier alpha value is -0.680. The van der Waals surface area contributed by atoms with E-state index in [1.54, 1.807) is 6.07 Å². The van der Waals surface area contributed by atoms with Crippen LogP contribution in [0.25, 0.3) is 0 Å². The average molecular weight is 259 g/mol. The van der Waals surface area contributed by atoms with E-state index in [1.165, 1.54) is 4.31 Å². The lowest BCUT2D eigenvalue weighted by Crippen LogP contribution is -2.45. The SMILES string of the molecule is N#CCS(=O)(=O)N1CCC(N2CCOCC2)C1. The number of morpholine rings is 1. The molecule has 1 atom stereocenters. The highest BCUT2D eigenvalue weighted by molar-refractivity contribution is 7.89. The molecule has 0 N–H and O–H groups in total. The number of nitrogens with zero attached hydrogens (tertiary/aromatic N) is 3. The van der Waals surface area contributed by atoms with Crippen LogP contribution in [0.3, 0.4) is 0 Å². The highest BCUT2D eigenvalue weighted by Gasteiger charge is 2.34. The van der Waals surface area contributed by atoms with Gasteiger partial charge in [0.25, 0.3) is 0 Å². The number of hydrogen-bond donors (Lipinski definition) is 0. The van der Waals surface area contributed by atoms with E-state index in [2.05, 4.69) is 4.90 Å². The molecule has 0 aromatic carbocycles. The lowest BCUT2D eigenvalue weighted by Gasteiger charge is -2.31. The number of ether oxygens (including phenoxy) is 1. The van der Waals surface area contributed by atoms with E-state index in [0.29, 0.717) is 13.1 Å². The van der Waals surface area contributed by atoms with Gasteiger partial charge >= 0.3 is 0 Å². The summed E-state index contributed by atoms with van der Waals surface area (Å²) >= 11 is 0. The Morgan fingerprint density at radius 3 is 2.65 bits per heavy atom. The minimum absolute atomic E-state index is 0.285. The molecule has 2 aliphatic heterocycles. The third-order valence-corrected chi connectivity index (χ3v) is 4.94. The zero-order valence-corrected chi connectivity index (χ0v) is 10.5. The summed E-state index contributed by atoms with van der Waals surface area (Å²) in [5.74, 6) is -0.414. The van der Waals surface area contributed by atoms with Crippen LogP contribution in [0.15, 0.2) is 0 Å². The monoisotopic (exact) mass is 259 g/mol. The lowest BCUT2D eigenvalue weighted by molar-refractivity contribution is 0.0197. The second-order valence-electron chi connectivity index (χ2n) is 4.36. The van der Waals surface area contributed by atoms with Crippen LogP contribution >= 0.6 is 0 Å². The lowest BCUT2D eigenvalue weighted by atomic mass is 10.2. The Morgan fingerprint density at radius 2 is 2.00 bits per heavy atom. The van der Waals surface area contributed by atoms with E-state index in [1.807, 2.05) is 0 Å². The molecule has 0 amide bonds. The van der Waals surface area contributed by atoms with Crippen molar-refractivity contribution in [2.24, 2.45) is 0 Å². The summed E-state index contributed by atoms with van der Waals surface area (Å²) < 4.78 is 30.2. The summed E-state index contributed by atoms with van der Waals surface area (Å²) in [5, 5.41) is 8.49. The smallest absolute Gasteiger partial charge is 0.227 e. The first-order valence-corrected chi connectivity index (χ1v) is 7.41. The predicted molar refractivity (Wildman–Crippen MR) is 61.8 cm³/mol. The van der Waals surface area contributed by atoms with Crippen LogP contribution < -0.4 is 0 Å². The van der Waals surface area contributed by atoms with Gasteiger partial charge in [0.15, 0.2) is 5.75 Å². The highest BCUT2D eigenvalue weighted by atomic mass is 32.2. The van der Waals surface area contributed by atoms with Crippen molar-refractivity contribution in [2.45, 2.75) is 12.5 Å². The molecule has 96 valence electrons. The molecule has 0 aromatic rings. The first kappa shape index (κ1) is 12.8. The van der Waals surface area contributed by atoms with Crippen LogP contribution in [0, 0.1) is 11.3 Å². The quantitative estimate of drug-likeness (QED) is 0.666. The van der Waals surface area contributed by atoms with Gasteiger partial charge in [-0.1, -0.05) is 0 Å². The molecule has 2 heterocycles. The Labute approximate surface area is 102 Å². The van der Waals surface area contributed by atoms with Gasteiger partial charge in [-0.3, -0.25) is 4.90 Å². The van der Waals surface area contributed by atoms with Crippen molar-refractivity contribution in [3.63, 3.8) is 0 Å². The predicted octanol–water partition coefficient (Wildman–Crippen LogP) is -0.754. The summed E-state index contributed by atoms with van der Waals surface area (Å²) in [7, 11) is -3.37. The van der Waals surface area contributed by atoms with E-state index in [0.717, 1.165) is 32.7 Å². The van der Waals surface area contributed by atoms with E-state index in [9.17, 15) is 8.42 Å². The topological polar surface area (TPSA) is 73.6 Å². The third kappa shape index (κ3) is 2.96. The van der Waals surface area contributed by atoms with Gasteiger partial charge in [-0.25, -0.2) is 8.42 Å². The first-order valence-electron chi connectivity index (χ1n) is 5.80. The zero-order valence-electron chi connectivity index (χ0n) is 9.71. The van der Waals surface area contributed by atoms with Crippen LogP contribution in [-0.2, 0) is 14.8 Å². The van der Waals surface area contributed by atoms with Crippen molar-refractivity contribution < 1.29 is 13.2 Å². The van der Waals surface area contributed by atoms with E-state index in [-0.39, 0.29) is 6.04 Å². The van der Waals surface area contributed by atoms with Gasteiger partial charge in [0.05, 0.1) is 19.3 Å². The van der Waals surface area contributed by atoms with Gasteiger partial charge in [0.2, 0.25) is 10.0 Å². The largest absolute Gasteiger partial charge is 0.379 e. The van der Waals surface area contributed by atoms with Gasteiger partial charge in [-0.2, -0.15) is 9.57 Å². The maximum Gasteiger partial charge on any atom is 0.227 e. The Bertz CT molecular complexity index is 398. The second kappa shape index (κ2) is 5.31. The molecular formula is C10H17N3O3S. The van der Waals surface area contributed by atoms with Crippen LogP contribution in [0.5, 0.6) is 0 Å². The fourth-order valence-electron chi connectivity index (χ4n) is 2.38. The maximum absolute atomic E-state index is 11.7. The summed E-state index contributed by atoms with van der Waals surface area (Å²) in [5.41, 5.74) is 0. The van der Waals surface area contributed by atoms with Gasteiger partial charge in [0.1, 0.15) is 0 Å². The number of nitriles is 1. The minimum atomic E-state index is -3.37. The molecule has 17 heavy (non-hydrogen) atoms. The molecule has 2 rings (SSSR count). The Balaban J connectivity index is 1.93. The molecule has 0 aliphatic carbocycles. The summed E-state index contributed by atoms with van der Waals surface area (Å²) in [6, 6.07) is 2.00. The molecule has 6 nitrogen and oxygen atoms in total. The molecule has 2 fully saturated rings. The standard InChI is InChI=1S/C10H17N3O3S/c11-2-8-17(14,15)13-3-1-10(9-13)12-4-6-16-7-5-12/h10H,1,3-9H2. The summed E-state index contributed by atoms with van der Waals surface area (Å²) in [6.07, 6.45) is 0.852. The van der Waals surface area contributed by atoms with Crippen molar-refractivity contribution in [1.82, 2.24) is 9.21 Å². The van der Waals surface area contributed by atoms with Crippen molar-refractivity contribution in [3.05, 3.63) is 0 Å². The fraction of sp³-hybridized carbons (Fsp3) is 0.900. The number of hydrogen-bond acceptors (Lipinski definition) is 5. The van der Waals surface area contributed by atoms with Crippen LogP contribution in [0.4, 0.5) is 0 Å². The van der Waals surface area contributed by atoms with Crippen LogP contribution in [-0.4, -0.2) is 68.8 Å². The molecule has 0 aromatic heterocycles. The second-order valence-corrected chi connectivity index (χ2v) is 6.33. The molecule has 2 aliphatic rings. The number of rotatable bonds is 3. The third-order valence-electron chi connectivity index (χ3n) is 3.33. The highest BCUT2D eigenvalue weighted by Crippen LogP contribution is 2.19. The summed E-state index contributed by atoms with van der Waals surface area (Å²) in [6.45, 7) is 4.24. The first-order chi connectivity index (χ1) is 8.13. The molecule has 0 radical (unpaired) electrons. The van der Waals surface area contributed by atoms with E-state index >= 15 is 0 Å². The van der Waals surface area contributed by atoms with E-state index < -0.39 is 15.8 Å². The maximum atomic E-state index is 11.7. The molecule has 0 bridgehead atoms. The fourth-order valence-corrected chi connectivity index (χ4v) is 3.51. The number of sulfonamides is 1. The van der Waals surface area contributed by atoms with Gasteiger partial charge in [-0.05, 0) is 6.42 Å². The van der Waals surface area contributed by atoms with Crippen LogP contribution in [0.2, 0.25) is 0 Å². The molecule has 0 saturated carbocycles. The van der Waals surface area contributed by atoms with Crippen molar-refractivity contribution in [2.75, 3.05) is 45.1 Å². The molecule has 2 saturated heterocycles. The molecule has 0 spiro atoms. The molecule has 1 unspecified atom stereocenters. The van der Waals surface area contributed by atoms with Crippen LogP contribution in [0.1, 0.15) is 6.42 Å². The Kier molecular flexibility index (Phi) is 3.99. The van der Waals surface area contributed by atoms with Gasteiger partial charge < -0.3 is 4.74 Å². The minimum Gasteiger partial charge on any atom is -0.379 e. The van der Waals surface area contributed by atoms with E-state index in [4.69, 9.17) is 10.00 Å². The molecular weight excluding hydrogens is 242 g/mol. The normalized spacial score (nSPS) is 28.1. The molecule has 7 heteroatoms. The Morgan fingerprint density at radius 1 is 1.29 bits per heavy atom. The van der Waals surface area contributed by atoms with Crippen molar-refractivity contribution in [3.8, 4) is 6.07 Å². The van der Waals surface area contributed by atoms with Crippen molar-refractivity contribution >= 4 is 10.0 Å². The van der Waals surface area contributed by atoms with Gasteiger partial charge in [0, 0.05) is 32.2 Å². The summed E-state index contributed by atoms with van der Waals surface area (Å²) in [4.78, 5) is 2.28. The average Bonchev–Trinajstić information content (AvgIpc) is 2.80.